The number of morpholine rings is 1. The molecule has 0 radical (unpaired) electrons. The van der Waals surface area contributed by atoms with Crippen molar-refractivity contribution >= 4 is 33.7 Å². The van der Waals surface area contributed by atoms with E-state index >= 15 is 0 Å². The topological polar surface area (TPSA) is 66.9 Å². The lowest BCUT2D eigenvalue weighted by Crippen LogP contribution is -2.41. The van der Waals surface area contributed by atoms with Gasteiger partial charge in [-0.25, -0.2) is 15.0 Å². The van der Waals surface area contributed by atoms with Crippen LogP contribution in [-0.4, -0.2) is 59.9 Å². The van der Waals surface area contributed by atoms with E-state index < -0.39 is 0 Å². The summed E-state index contributed by atoms with van der Waals surface area (Å²) in [6, 6.07) is 6.53. The Balaban J connectivity index is 1.29. The van der Waals surface area contributed by atoms with Crippen molar-refractivity contribution in [2.24, 2.45) is 0 Å². The molecule has 7 nitrogen and oxygen atoms in total. The molecular weight excluding hydrogens is 386 g/mol. The number of benzene rings is 1. The minimum Gasteiger partial charge on any atom is -0.378 e. The molecule has 2 atom stereocenters. The largest absolute Gasteiger partial charge is 0.378 e. The summed E-state index contributed by atoms with van der Waals surface area (Å²) in [7, 11) is 0. The van der Waals surface area contributed by atoms with Crippen LogP contribution in [0.5, 0.6) is 0 Å². The highest BCUT2D eigenvalue weighted by molar-refractivity contribution is 7.09. The first-order chi connectivity index (χ1) is 14.3. The Hall–Kier alpha value is -2.29. The number of epoxide rings is 1. The molecule has 0 N–H and O–H groups in total. The maximum Gasteiger partial charge on any atom is 0.141 e. The maximum absolute atomic E-state index is 6.20. The van der Waals surface area contributed by atoms with Crippen molar-refractivity contribution in [3.8, 4) is 0 Å². The monoisotopic (exact) mass is 409 g/mol. The summed E-state index contributed by atoms with van der Waals surface area (Å²) in [5.74, 6) is 1.01. The molecular formula is C21H23N5O2S. The SMILES string of the molecule is c1csc(C2O[C@@]23CCCN(c2ncnc4cc(N5CCOCC5)ccc24)C3)n1. The molecule has 0 bridgehead atoms. The zero-order valence-electron chi connectivity index (χ0n) is 16.2. The molecule has 5 heterocycles. The first-order valence-electron chi connectivity index (χ1n) is 10.2. The molecule has 8 heteroatoms. The first kappa shape index (κ1) is 17.6. The van der Waals surface area contributed by atoms with E-state index in [4.69, 9.17) is 9.47 Å². The molecule has 6 rings (SSSR count). The molecule has 1 aromatic carbocycles. The van der Waals surface area contributed by atoms with Gasteiger partial charge in [0.05, 0.1) is 25.3 Å². The van der Waals surface area contributed by atoms with E-state index in [1.54, 1.807) is 17.7 Å². The molecule has 1 spiro atoms. The summed E-state index contributed by atoms with van der Waals surface area (Å²) in [6.07, 6.45) is 5.86. The van der Waals surface area contributed by atoms with Crippen LogP contribution in [0.1, 0.15) is 24.0 Å². The van der Waals surface area contributed by atoms with E-state index in [0.29, 0.717) is 0 Å². The molecule has 3 saturated heterocycles. The van der Waals surface area contributed by atoms with E-state index in [1.807, 2.05) is 11.6 Å². The molecule has 3 aromatic rings. The van der Waals surface area contributed by atoms with E-state index in [9.17, 15) is 0 Å². The van der Waals surface area contributed by atoms with Crippen molar-refractivity contribution in [1.82, 2.24) is 15.0 Å². The van der Waals surface area contributed by atoms with E-state index in [0.717, 1.165) is 74.0 Å². The molecule has 29 heavy (non-hydrogen) atoms. The van der Waals surface area contributed by atoms with Gasteiger partial charge in [-0.1, -0.05) is 0 Å². The van der Waals surface area contributed by atoms with Crippen molar-refractivity contribution in [2.75, 3.05) is 49.2 Å². The van der Waals surface area contributed by atoms with E-state index in [-0.39, 0.29) is 11.7 Å². The molecule has 3 fully saturated rings. The van der Waals surface area contributed by atoms with Gasteiger partial charge in [-0.2, -0.15) is 0 Å². The normalized spacial score (nSPS) is 27.0. The van der Waals surface area contributed by atoms with Crippen LogP contribution in [0.25, 0.3) is 10.9 Å². The van der Waals surface area contributed by atoms with Crippen LogP contribution in [0.15, 0.2) is 36.1 Å². The number of aromatic nitrogens is 3. The second-order valence-electron chi connectivity index (χ2n) is 7.96. The highest BCUT2D eigenvalue weighted by Gasteiger charge is 2.60. The van der Waals surface area contributed by atoms with Gasteiger partial charge in [0.15, 0.2) is 0 Å². The maximum atomic E-state index is 6.20. The molecule has 3 aliphatic rings. The lowest BCUT2D eigenvalue weighted by molar-refractivity contribution is 0.122. The quantitative estimate of drug-likeness (QED) is 0.616. The number of hydrogen-bond donors (Lipinski definition) is 0. The Morgan fingerprint density at radius 2 is 2.00 bits per heavy atom. The highest BCUT2D eigenvalue weighted by atomic mass is 32.1. The number of anilines is 2. The molecule has 2 aromatic heterocycles. The van der Waals surface area contributed by atoms with E-state index in [1.165, 1.54) is 5.69 Å². The second kappa shape index (κ2) is 6.90. The number of thiazole rings is 1. The van der Waals surface area contributed by atoms with Crippen molar-refractivity contribution in [2.45, 2.75) is 24.5 Å². The van der Waals surface area contributed by atoms with Crippen molar-refractivity contribution in [3.63, 3.8) is 0 Å². The average Bonchev–Trinajstić information content (AvgIpc) is 3.20. The van der Waals surface area contributed by atoms with Gasteiger partial charge in [0.1, 0.15) is 28.9 Å². The van der Waals surface area contributed by atoms with Crippen molar-refractivity contribution in [3.05, 3.63) is 41.1 Å². The smallest absolute Gasteiger partial charge is 0.141 e. The number of hydrogen-bond acceptors (Lipinski definition) is 8. The van der Waals surface area contributed by atoms with Crippen LogP contribution in [0, 0.1) is 0 Å². The summed E-state index contributed by atoms with van der Waals surface area (Å²) in [6.45, 7) is 5.26. The standard InChI is InChI=1S/C21H23N5O2S/c1-4-21(18(28-21)20-22-5-11-29-20)13-26(6-1)19-16-3-2-15(12-17(16)23-14-24-19)25-7-9-27-10-8-25/h2-3,5,11-12,14,18H,1,4,6-10,13H2/t18?,21-/m1/s1. The second-order valence-corrected chi connectivity index (χ2v) is 8.88. The van der Waals surface area contributed by atoms with Crippen LogP contribution in [0.4, 0.5) is 11.5 Å². The number of piperidine rings is 1. The Morgan fingerprint density at radius 3 is 2.86 bits per heavy atom. The number of nitrogens with zero attached hydrogens (tertiary/aromatic N) is 5. The lowest BCUT2D eigenvalue weighted by Gasteiger charge is -2.33. The summed E-state index contributed by atoms with van der Waals surface area (Å²) in [4.78, 5) is 18.4. The van der Waals surface area contributed by atoms with Crippen LogP contribution < -0.4 is 9.80 Å². The highest BCUT2D eigenvalue weighted by Crippen LogP contribution is 2.55. The molecule has 0 saturated carbocycles. The van der Waals surface area contributed by atoms with E-state index in [2.05, 4.69) is 43.0 Å². The summed E-state index contributed by atoms with van der Waals surface area (Å²) in [5.41, 5.74) is 2.09. The zero-order valence-corrected chi connectivity index (χ0v) is 17.0. The van der Waals surface area contributed by atoms with Crippen molar-refractivity contribution < 1.29 is 9.47 Å². The minimum atomic E-state index is -0.110. The van der Waals surface area contributed by atoms with Gasteiger partial charge in [0.2, 0.25) is 0 Å². The fourth-order valence-corrected chi connectivity index (χ4v) is 5.45. The van der Waals surface area contributed by atoms with Gasteiger partial charge in [0.25, 0.3) is 0 Å². The summed E-state index contributed by atoms with van der Waals surface area (Å²) < 4.78 is 11.7. The summed E-state index contributed by atoms with van der Waals surface area (Å²) >= 11 is 1.68. The van der Waals surface area contributed by atoms with Gasteiger partial charge >= 0.3 is 0 Å². The third-order valence-electron chi connectivity index (χ3n) is 6.21. The fraction of sp³-hybridized carbons (Fsp3) is 0.476. The predicted octanol–water partition coefficient (Wildman–Crippen LogP) is 3.03. The molecule has 0 amide bonds. The summed E-state index contributed by atoms with van der Waals surface area (Å²) in [5, 5.41) is 4.22. The molecule has 1 unspecified atom stereocenters. The van der Waals surface area contributed by atoms with Gasteiger partial charge in [0, 0.05) is 42.3 Å². The third kappa shape index (κ3) is 3.06. The molecule has 150 valence electrons. The lowest BCUT2D eigenvalue weighted by atomic mass is 9.94. The predicted molar refractivity (Wildman–Crippen MR) is 113 cm³/mol. The Labute approximate surface area is 173 Å². The Morgan fingerprint density at radius 1 is 1.07 bits per heavy atom. The van der Waals surface area contributed by atoms with Crippen LogP contribution in [0.3, 0.4) is 0 Å². The average molecular weight is 410 g/mol. The van der Waals surface area contributed by atoms with Crippen LogP contribution in [0.2, 0.25) is 0 Å². The van der Waals surface area contributed by atoms with Crippen LogP contribution in [-0.2, 0) is 9.47 Å². The van der Waals surface area contributed by atoms with Gasteiger partial charge in [-0.05, 0) is 31.0 Å². The number of ether oxygens (including phenoxy) is 2. The zero-order chi connectivity index (χ0) is 19.3. The molecule has 3 aliphatic heterocycles. The fourth-order valence-electron chi connectivity index (χ4n) is 4.68. The van der Waals surface area contributed by atoms with Gasteiger partial charge in [-0.15, -0.1) is 11.3 Å². The Bertz CT molecular complexity index is 1020. The molecule has 0 aliphatic carbocycles. The van der Waals surface area contributed by atoms with Gasteiger partial charge in [-0.3, -0.25) is 0 Å². The first-order valence-corrected chi connectivity index (χ1v) is 11.1. The number of fused-ring (bicyclic) bond motifs is 1. The third-order valence-corrected chi connectivity index (χ3v) is 7.03. The Kier molecular flexibility index (Phi) is 4.18. The number of rotatable bonds is 3. The van der Waals surface area contributed by atoms with Crippen molar-refractivity contribution in [1.29, 1.82) is 0 Å². The van der Waals surface area contributed by atoms with Gasteiger partial charge < -0.3 is 19.3 Å². The van der Waals surface area contributed by atoms with Crippen LogP contribution >= 0.6 is 11.3 Å². The minimum absolute atomic E-state index is 0.110.